The maximum absolute atomic E-state index is 8.63. The third kappa shape index (κ3) is 19.2. The molecule has 2 rings (SSSR count). The molecule has 2 radical (unpaired) electrons. The average molecular weight is 491 g/mol. The molecule has 0 aliphatic carbocycles. The van der Waals surface area contributed by atoms with Crippen molar-refractivity contribution in [1.29, 1.82) is 0 Å². The molecule has 6 nitrogen and oxygen atoms in total. The molecular weight excluding hydrogens is 479 g/mol. The summed E-state index contributed by atoms with van der Waals surface area (Å²) in [5.74, 6) is 0.644. The third-order valence-electron chi connectivity index (χ3n) is 1.51. The first-order chi connectivity index (χ1) is 8.79. The topological polar surface area (TPSA) is 121 Å². The number of phenolic OH excluding ortho intramolecular Hbond substituents is 2. The quantitative estimate of drug-likeness (QED) is 0.323. The molecule has 106 valence electrons. The third-order valence-corrected chi connectivity index (χ3v) is 1.51. The number of benzene rings is 2. The van der Waals surface area contributed by atoms with Gasteiger partial charge >= 0.3 is 27.3 Å². The van der Waals surface area contributed by atoms with Gasteiger partial charge in [0.15, 0.2) is 0 Å². The van der Waals surface area contributed by atoms with Crippen LogP contribution in [0.3, 0.4) is 0 Å². The van der Waals surface area contributed by atoms with Crippen LogP contribution in [-0.2, 0) is 10.4 Å². The SMILES string of the molecule is O=S(=O)([O-])[O-].Oc1ccccc1.Oc1ccccc1.[Pb+2]. The summed E-state index contributed by atoms with van der Waals surface area (Å²) >= 11 is 0. The van der Waals surface area contributed by atoms with Gasteiger partial charge in [-0.05, 0) is 24.3 Å². The van der Waals surface area contributed by atoms with Gasteiger partial charge in [0, 0.05) is 10.4 Å². The number of aromatic hydroxyl groups is 2. The predicted octanol–water partition coefficient (Wildman–Crippen LogP) is 1.07. The van der Waals surface area contributed by atoms with Crippen LogP contribution in [-0.4, -0.2) is 55.0 Å². The van der Waals surface area contributed by atoms with Gasteiger partial charge in [-0.25, -0.2) is 0 Å². The summed E-state index contributed by atoms with van der Waals surface area (Å²) in [6, 6.07) is 17.4. The Kier molecular flexibility index (Phi) is 12.3. The van der Waals surface area contributed by atoms with Gasteiger partial charge in [0.05, 0.1) is 0 Å². The van der Waals surface area contributed by atoms with Crippen molar-refractivity contribution in [1.82, 2.24) is 0 Å². The summed E-state index contributed by atoms with van der Waals surface area (Å²) in [5, 5.41) is 17.3. The zero-order valence-electron chi connectivity index (χ0n) is 10.2. The molecule has 0 fully saturated rings. The van der Waals surface area contributed by atoms with Crippen LogP contribution in [0, 0.1) is 0 Å². The Bertz CT molecular complexity index is 499. The molecule has 0 saturated carbocycles. The van der Waals surface area contributed by atoms with E-state index in [1.165, 1.54) is 0 Å². The summed E-state index contributed by atoms with van der Waals surface area (Å²) in [4.78, 5) is 0. The molecule has 0 bridgehead atoms. The largest absolute Gasteiger partial charge is 2.00 e. The first-order valence-corrected chi connectivity index (χ1v) is 6.27. The number of hydrogen-bond donors (Lipinski definition) is 2. The smallest absolute Gasteiger partial charge is 0.759 e. The van der Waals surface area contributed by atoms with Crippen LogP contribution < -0.4 is 0 Å². The van der Waals surface area contributed by atoms with Gasteiger partial charge in [0.2, 0.25) is 0 Å². The normalized spacial score (nSPS) is 8.90. The molecule has 20 heavy (non-hydrogen) atoms. The van der Waals surface area contributed by atoms with E-state index in [-0.39, 0.29) is 27.3 Å². The maximum atomic E-state index is 8.63. The van der Waals surface area contributed by atoms with Crippen LogP contribution >= 0.6 is 0 Å². The molecule has 0 atom stereocenters. The molecule has 0 aromatic heterocycles. The monoisotopic (exact) mass is 492 g/mol. The van der Waals surface area contributed by atoms with Crippen molar-refractivity contribution in [3.05, 3.63) is 60.7 Å². The molecule has 8 heteroatoms. The fraction of sp³-hybridized carbons (Fsp3) is 0. The van der Waals surface area contributed by atoms with Gasteiger partial charge < -0.3 is 19.3 Å². The Morgan fingerprint density at radius 2 is 0.900 bits per heavy atom. The summed E-state index contributed by atoms with van der Waals surface area (Å²) < 4.78 is 34.1. The van der Waals surface area contributed by atoms with Crippen LogP contribution in [0.15, 0.2) is 60.7 Å². The molecule has 2 N–H and O–H groups in total. The maximum Gasteiger partial charge on any atom is 2.00 e. The van der Waals surface area contributed by atoms with Gasteiger partial charge in [-0.2, -0.15) is 0 Å². The molecule has 0 unspecified atom stereocenters. The molecule has 2 aromatic rings. The predicted molar refractivity (Wildman–Crippen MR) is 72.4 cm³/mol. The van der Waals surface area contributed by atoms with E-state index in [1.807, 2.05) is 12.1 Å². The van der Waals surface area contributed by atoms with Gasteiger partial charge in [-0.15, -0.1) is 0 Å². The second-order valence-corrected chi connectivity index (χ2v) is 3.90. The summed E-state index contributed by atoms with van der Waals surface area (Å²) in [5.41, 5.74) is 0. The minimum Gasteiger partial charge on any atom is -0.759 e. The van der Waals surface area contributed by atoms with E-state index in [0.29, 0.717) is 11.5 Å². The second kappa shape index (κ2) is 11.6. The summed E-state index contributed by atoms with van der Waals surface area (Å²) in [6.45, 7) is 0. The van der Waals surface area contributed by atoms with Crippen molar-refractivity contribution in [2.24, 2.45) is 0 Å². The van der Waals surface area contributed by atoms with Crippen molar-refractivity contribution in [2.45, 2.75) is 0 Å². The summed E-state index contributed by atoms with van der Waals surface area (Å²) in [6.07, 6.45) is 0. The van der Waals surface area contributed by atoms with Gasteiger partial charge in [0.25, 0.3) is 0 Å². The zero-order chi connectivity index (χ0) is 14.7. The van der Waals surface area contributed by atoms with Crippen molar-refractivity contribution < 1.29 is 27.7 Å². The molecule has 0 aliphatic heterocycles. The number of phenols is 2. The number of hydrogen-bond acceptors (Lipinski definition) is 6. The second-order valence-electron chi connectivity index (χ2n) is 3.08. The van der Waals surface area contributed by atoms with Gasteiger partial charge in [-0.1, -0.05) is 36.4 Å². The molecule has 0 aliphatic rings. The molecule has 0 heterocycles. The molecule has 0 amide bonds. The van der Waals surface area contributed by atoms with Crippen LogP contribution in [0.4, 0.5) is 0 Å². The number of para-hydroxylation sites is 2. The Morgan fingerprint density at radius 1 is 0.700 bits per heavy atom. The van der Waals surface area contributed by atoms with Crippen molar-refractivity contribution in [2.75, 3.05) is 0 Å². The minimum atomic E-state index is -5.17. The van der Waals surface area contributed by atoms with Crippen LogP contribution in [0.2, 0.25) is 0 Å². The molecule has 0 saturated heterocycles. The van der Waals surface area contributed by atoms with Gasteiger partial charge in [-0.3, -0.25) is 8.42 Å². The standard InChI is InChI=1S/2C6H6O.H2O4S.Pb/c2*7-6-4-2-1-3-5-6;1-5(2,3)4;/h2*1-5,7H;(H2,1,2,3,4);/q;;;+2/p-2. The Labute approximate surface area is 137 Å². The first-order valence-electron chi connectivity index (χ1n) is 4.94. The van der Waals surface area contributed by atoms with E-state index < -0.39 is 10.4 Å². The Balaban J connectivity index is 0. The minimum absolute atomic E-state index is 0. The van der Waals surface area contributed by atoms with Crippen molar-refractivity contribution in [3.8, 4) is 11.5 Å². The van der Waals surface area contributed by atoms with E-state index in [4.69, 9.17) is 27.7 Å². The van der Waals surface area contributed by atoms with Crippen LogP contribution in [0.1, 0.15) is 0 Å². The van der Waals surface area contributed by atoms with E-state index >= 15 is 0 Å². The van der Waals surface area contributed by atoms with Crippen molar-refractivity contribution in [3.63, 3.8) is 0 Å². The number of rotatable bonds is 0. The van der Waals surface area contributed by atoms with Crippen LogP contribution in [0.5, 0.6) is 11.5 Å². The first kappa shape index (κ1) is 21.1. The van der Waals surface area contributed by atoms with Gasteiger partial charge in [0.1, 0.15) is 11.5 Å². The van der Waals surface area contributed by atoms with E-state index in [0.717, 1.165) is 0 Å². The average Bonchev–Trinajstić information content (AvgIpc) is 2.29. The fourth-order valence-electron chi connectivity index (χ4n) is 0.856. The zero-order valence-corrected chi connectivity index (χ0v) is 14.9. The Hall–Kier alpha value is -1.17. The van der Waals surface area contributed by atoms with Crippen LogP contribution in [0.25, 0.3) is 0 Å². The van der Waals surface area contributed by atoms with Crippen molar-refractivity contribution >= 4 is 37.7 Å². The summed E-state index contributed by atoms with van der Waals surface area (Å²) in [7, 11) is -5.17. The molecule has 2 aromatic carbocycles. The molecular formula is C12H12O6PbS. The molecule has 0 spiro atoms. The fourth-order valence-corrected chi connectivity index (χ4v) is 0.856. The Morgan fingerprint density at radius 3 is 1.00 bits per heavy atom. The van der Waals surface area contributed by atoms with E-state index in [1.54, 1.807) is 48.5 Å². The van der Waals surface area contributed by atoms with E-state index in [2.05, 4.69) is 0 Å². The van der Waals surface area contributed by atoms with E-state index in [9.17, 15) is 0 Å².